The van der Waals surface area contributed by atoms with E-state index < -0.39 is 0 Å². The number of ether oxygens (including phenoxy) is 2. The fourth-order valence-electron chi connectivity index (χ4n) is 2.55. The molecule has 27 heavy (non-hydrogen) atoms. The molecular formula is C18H17N3O5S. The van der Waals surface area contributed by atoms with E-state index in [1.54, 1.807) is 12.3 Å². The Labute approximate surface area is 159 Å². The van der Waals surface area contributed by atoms with Gasteiger partial charge in [-0.25, -0.2) is 0 Å². The lowest BCUT2D eigenvalue weighted by molar-refractivity contribution is -0.119. The largest absolute Gasteiger partial charge is 0.486 e. The van der Waals surface area contributed by atoms with E-state index in [9.17, 15) is 4.79 Å². The van der Waals surface area contributed by atoms with Gasteiger partial charge >= 0.3 is 0 Å². The molecule has 1 aromatic carbocycles. The van der Waals surface area contributed by atoms with Crippen molar-refractivity contribution in [3.05, 3.63) is 42.4 Å². The topological polar surface area (TPSA) is 99.6 Å². The number of carbonyl (C=O) groups excluding carboxylic acids is 1. The number of rotatable bonds is 6. The maximum Gasteiger partial charge on any atom is 0.277 e. The van der Waals surface area contributed by atoms with Crippen LogP contribution in [0.4, 0.5) is 0 Å². The summed E-state index contributed by atoms with van der Waals surface area (Å²) in [5.41, 5.74) is 0.744. The second-order valence-electron chi connectivity index (χ2n) is 5.85. The molecule has 3 aromatic rings. The average Bonchev–Trinajstić information content (AvgIpc) is 3.33. The number of aromatic nitrogens is 2. The highest BCUT2D eigenvalue weighted by Gasteiger charge is 2.21. The first kappa shape index (κ1) is 17.5. The Morgan fingerprint density at radius 3 is 2.93 bits per heavy atom. The fourth-order valence-corrected chi connectivity index (χ4v) is 3.15. The number of hydrogen-bond acceptors (Lipinski definition) is 8. The first-order valence-corrected chi connectivity index (χ1v) is 9.33. The monoisotopic (exact) mass is 387 g/mol. The first-order valence-electron chi connectivity index (χ1n) is 8.35. The van der Waals surface area contributed by atoms with Crippen molar-refractivity contribution >= 4 is 17.7 Å². The number of fused-ring (bicyclic) bond motifs is 1. The summed E-state index contributed by atoms with van der Waals surface area (Å²) in [6, 6.07) is 9.22. The molecule has 4 rings (SSSR count). The number of benzene rings is 1. The number of nitrogens with zero attached hydrogens (tertiary/aromatic N) is 2. The van der Waals surface area contributed by atoms with Gasteiger partial charge in [0.1, 0.15) is 18.5 Å². The summed E-state index contributed by atoms with van der Waals surface area (Å²) in [5.74, 6) is 2.48. The molecule has 0 aliphatic carbocycles. The number of amides is 1. The Bertz CT molecular complexity index is 938. The number of para-hydroxylation sites is 2. The van der Waals surface area contributed by atoms with Crippen LogP contribution in [0.25, 0.3) is 11.5 Å². The third kappa shape index (κ3) is 4.08. The molecule has 1 N–H and O–H groups in total. The van der Waals surface area contributed by atoms with Crippen LogP contribution < -0.4 is 14.8 Å². The lowest BCUT2D eigenvalue weighted by atomic mass is 10.2. The molecule has 1 aliphatic heterocycles. The molecule has 0 spiro atoms. The molecule has 1 amide bonds. The van der Waals surface area contributed by atoms with Crippen molar-refractivity contribution in [1.82, 2.24) is 15.5 Å². The van der Waals surface area contributed by atoms with Crippen LogP contribution in [0.15, 0.2) is 50.7 Å². The third-order valence-corrected chi connectivity index (χ3v) is 4.74. The summed E-state index contributed by atoms with van der Waals surface area (Å²) in [7, 11) is 0. The molecule has 0 bridgehead atoms. The minimum Gasteiger partial charge on any atom is -0.486 e. The van der Waals surface area contributed by atoms with Crippen LogP contribution in [-0.4, -0.2) is 41.1 Å². The van der Waals surface area contributed by atoms with Crippen molar-refractivity contribution in [3.8, 4) is 23.0 Å². The minimum absolute atomic E-state index is 0.151. The number of carbonyl (C=O) groups is 1. The lowest BCUT2D eigenvalue weighted by Crippen LogP contribution is -2.41. The highest BCUT2D eigenvalue weighted by Crippen LogP contribution is 2.30. The maximum absolute atomic E-state index is 12.1. The Kier molecular flexibility index (Phi) is 5.01. The van der Waals surface area contributed by atoms with Crippen molar-refractivity contribution in [2.75, 3.05) is 18.9 Å². The second-order valence-corrected chi connectivity index (χ2v) is 6.78. The van der Waals surface area contributed by atoms with Crippen molar-refractivity contribution in [3.63, 3.8) is 0 Å². The van der Waals surface area contributed by atoms with Gasteiger partial charge in [-0.05, 0) is 25.1 Å². The molecule has 0 radical (unpaired) electrons. The predicted octanol–water partition coefficient (Wildman–Crippen LogP) is 2.69. The van der Waals surface area contributed by atoms with Gasteiger partial charge in [-0.3, -0.25) is 4.79 Å². The van der Waals surface area contributed by atoms with Crippen LogP contribution >= 0.6 is 11.8 Å². The molecule has 0 fully saturated rings. The van der Waals surface area contributed by atoms with E-state index in [1.807, 2.05) is 31.2 Å². The molecule has 2 aromatic heterocycles. The van der Waals surface area contributed by atoms with Gasteiger partial charge in [0.25, 0.3) is 11.1 Å². The van der Waals surface area contributed by atoms with Gasteiger partial charge in [0.2, 0.25) is 5.91 Å². The number of hydrogen-bond donors (Lipinski definition) is 1. The van der Waals surface area contributed by atoms with Gasteiger partial charge in [0, 0.05) is 0 Å². The van der Waals surface area contributed by atoms with E-state index in [2.05, 4.69) is 15.5 Å². The van der Waals surface area contributed by atoms with Crippen molar-refractivity contribution < 1.29 is 23.1 Å². The summed E-state index contributed by atoms with van der Waals surface area (Å²) in [5, 5.41) is 11.1. The molecule has 1 atom stereocenters. The fraction of sp³-hybridized carbons (Fsp3) is 0.278. The summed E-state index contributed by atoms with van der Waals surface area (Å²) in [6.45, 7) is 2.56. The van der Waals surface area contributed by atoms with Crippen molar-refractivity contribution in [2.24, 2.45) is 0 Å². The molecule has 3 heterocycles. The Morgan fingerprint density at radius 1 is 1.26 bits per heavy atom. The highest BCUT2D eigenvalue weighted by atomic mass is 32.2. The van der Waals surface area contributed by atoms with Gasteiger partial charge in [0.05, 0.1) is 24.1 Å². The molecule has 1 aliphatic rings. The number of aryl methyl sites for hydroxylation is 1. The van der Waals surface area contributed by atoms with Crippen LogP contribution in [0.3, 0.4) is 0 Å². The zero-order chi connectivity index (χ0) is 18.6. The summed E-state index contributed by atoms with van der Waals surface area (Å²) < 4.78 is 22.2. The molecule has 0 saturated heterocycles. The van der Waals surface area contributed by atoms with E-state index >= 15 is 0 Å². The molecule has 9 heteroatoms. The molecular weight excluding hydrogens is 370 g/mol. The van der Waals surface area contributed by atoms with Gasteiger partial charge in [-0.2, -0.15) is 0 Å². The van der Waals surface area contributed by atoms with Crippen LogP contribution in [0.1, 0.15) is 5.76 Å². The molecule has 0 saturated carbocycles. The average molecular weight is 387 g/mol. The Morgan fingerprint density at radius 2 is 2.11 bits per heavy atom. The summed E-state index contributed by atoms with van der Waals surface area (Å²) in [4.78, 5) is 12.1. The quantitative estimate of drug-likeness (QED) is 0.645. The lowest BCUT2D eigenvalue weighted by Gasteiger charge is -2.26. The smallest absolute Gasteiger partial charge is 0.277 e. The predicted molar refractivity (Wildman–Crippen MR) is 96.8 cm³/mol. The number of thioether (sulfide) groups is 1. The van der Waals surface area contributed by atoms with E-state index in [1.165, 1.54) is 11.8 Å². The third-order valence-electron chi connectivity index (χ3n) is 3.92. The summed E-state index contributed by atoms with van der Waals surface area (Å²) in [6.07, 6.45) is 1.33. The van der Waals surface area contributed by atoms with Gasteiger partial charge in [0.15, 0.2) is 11.5 Å². The Balaban J connectivity index is 1.24. The van der Waals surface area contributed by atoms with E-state index in [0.717, 1.165) is 11.3 Å². The number of furan rings is 1. The normalized spacial score (nSPS) is 15.5. The molecule has 8 nitrogen and oxygen atoms in total. The van der Waals surface area contributed by atoms with Gasteiger partial charge in [-0.15, -0.1) is 10.2 Å². The van der Waals surface area contributed by atoms with Crippen molar-refractivity contribution in [1.29, 1.82) is 0 Å². The maximum atomic E-state index is 12.1. The zero-order valence-corrected chi connectivity index (χ0v) is 15.3. The Hall–Kier alpha value is -2.94. The van der Waals surface area contributed by atoms with Crippen LogP contribution in [0.2, 0.25) is 0 Å². The van der Waals surface area contributed by atoms with E-state index in [4.69, 9.17) is 18.3 Å². The second kappa shape index (κ2) is 7.75. The van der Waals surface area contributed by atoms with Gasteiger partial charge in [-0.1, -0.05) is 23.9 Å². The van der Waals surface area contributed by atoms with E-state index in [0.29, 0.717) is 35.8 Å². The van der Waals surface area contributed by atoms with E-state index in [-0.39, 0.29) is 17.8 Å². The summed E-state index contributed by atoms with van der Waals surface area (Å²) >= 11 is 1.17. The highest BCUT2D eigenvalue weighted by molar-refractivity contribution is 7.99. The van der Waals surface area contributed by atoms with Crippen LogP contribution in [0.5, 0.6) is 11.5 Å². The van der Waals surface area contributed by atoms with Crippen LogP contribution in [-0.2, 0) is 4.79 Å². The SMILES string of the molecule is Cc1occc1-c1nnc(SCC(=O)NCC2COc3ccccc3O2)o1. The minimum atomic E-state index is -0.229. The van der Waals surface area contributed by atoms with Crippen LogP contribution in [0, 0.1) is 6.92 Å². The van der Waals surface area contributed by atoms with Gasteiger partial charge < -0.3 is 23.6 Å². The molecule has 140 valence electrons. The number of nitrogens with one attached hydrogen (secondary N) is 1. The molecule has 1 unspecified atom stereocenters. The standard InChI is InChI=1S/C18H17N3O5S/c1-11-13(6-7-23-11)17-20-21-18(26-17)27-10-16(22)19-8-12-9-24-14-4-2-3-5-15(14)25-12/h2-7,12H,8-10H2,1H3,(H,19,22). The van der Waals surface area contributed by atoms with Crippen molar-refractivity contribution in [2.45, 2.75) is 18.3 Å². The zero-order valence-electron chi connectivity index (χ0n) is 14.5. The first-order chi connectivity index (χ1) is 13.2.